The van der Waals surface area contributed by atoms with E-state index in [1.807, 2.05) is 0 Å². The summed E-state index contributed by atoms with van der Waals surface area (Å²) < 4.78 is 0. The van der Waals surface area contributed by atoms with Crippen molar-refractivity contribution in [2.45, 2.75) is 64.3 Å². The summed E-state index contributed by atoms with van der Waals surface area (Å²) in [6, 6.07) is 0.883. The highest BCUT2D eigenvalue weighted by Gasteiger charge is 2.21. The molecule has 0 aromatic heterocycles. The van der Waals surface area contributed by atoms with E-state index in [1.54, 1.807) is 0 Å². The summed E-state index contributed by atoms with van der Waals surface area (Å²) in [5.74, 6) is 0. The van der Waals surface area contributed by atoms with Crippen LogP contribution in [0.4, 0.5) is 0 Å². The number of hydrogen-bond donors (Lipinski definition) is 1. The number of hydrogen-bond acceptors (Lipinski definition) is 2. The third-order valence-electron chi connectivity index (χ3n) is 3.54. The third kappa shape index (κ3) is 4.98. The first-order valence-corrected chi connectivity index (χ1v) is 6.82. The van der Waals surface area contributed by atoms with Crippen molar-refractivity contribution in [3.05, 3.63) is 0 Å². The zero-order valence-corrected chi connectivity index (χ0v) is 10.4. The smallest absolute Gasteiger partial charge is 0.00952 e. The summed E-state index contributed by atoms with van der Waals surface area (Å²) in [5, 5.41) is 0. The molecule has 15 heavy (non-hydrogen) atoms. The SMILES string of the molecule is CCCCCN(CCCN)C1CCCC1. The van der Waals surface area contributed by atoms with Crippen LogP contribution in [-0.2, 0) is 0 Å². The molecule has 0 radical (unpaired) electrons. The Morgan fingerprint density at radius 3 is 2.33 bits per heavy atom. The Hall–Kier alpha value is -0.0800. The molecule has 0 spiro atoms. The number of unbranched alkanes of at least 4 members (excludes halogenated alkanes) is 2. The number of nitrogens with two attached hydrogens (primary N) is 1. The summed E-state index contributed by atoms with van der Waals surface area (Å²) in [6.07, 6.45) is 11.0. The van der Waals surface area contributed by atoms with Gasteiger partial charge >= 0.3 is 0 Å². The number of rotatable bonds is 8. The molecule has 2 heteroatoms. The average Bonchev–Trinajstić information content (AvgIpc) is 2.76. The Bertz CT molecular complexity index is 141. The molecule has 2 N–H and O–H groups in total. The standard InChI is InChI=1S/C13H28N2/c1-2-3-6-11-15(12-7-10-14)13-8-4-5-9-13/h13H,2-12,14H2,1H3. The molecule has 0 atom stereocenters. The van der Waals surface area contributed by atoms with Gasteiger partial charge in [-0.15, -0.1) is 0 Å². The largest absolute Gasteiger partial charge is 0.330 e. The van der Waals surface area contributed by atoms with E-state index in [4.69, 9.17) is 5.73 Å². The van der Waals surface area contributed by atoms with Crippen LogP contribution in [0.15, 0.2) is 0 Å². The lowest BCUT2D eigenvalue weighted by Crippen LogP contribution is -2.35. The van der Waals surface area contributed by atoms with E-state index < -0.39 is 0 Å². The zero-order valence-electron chi connectivity index (χ0n) is 10.4. The van der Waals surface area contributed by atoms with Crippen LogP contribution >= 0.6 is 0 Å². The predicted molar refractivity (Wildman–Crippen MR) is 67.0 cm³/mol. The molecule has 0 bridgehead atoms. The van der Waals surface area contributed by atoms with Crippen molar-refractivity contribution in [1.29, 1.82) is 0 Å². The Morgan fingerprint density at radius 1 is 1.07 bits per heavy atom. The molecule has 0 saturated heterocycles. The van der Waals surface area contributed by atoms with Crippen molar-refractivity contribution >= 4 is 0 Å². The van der Waals surface area contributed by atoms with Gasteiger partial charge in [-0.3, -0.25) is 0 Å². The summed E-state index contributed by atoms with van der Waals surface area (Å²) >= 11 is 0. The first-order chi connectivity index (χ1) is 7.38. The summed E-state index contributed by atoms with van der Waals surface area (Å²) in [7, 11) is 0. The van der Waals surface area contributed by atoms with E-state index in [2.05, 4.69) is 11.8 Å². The van der Waals surface area contributed by atoms with Crippen LogP contribution in [0.25, 0.3) is 0 Å². The lowest BCUT2D eigenvalue weighted by atomic mass is 10.1. The maximum atomic E-state index is 5.60. The lowest BCUT2D eigenvalue weighted by molar-refractivity contribution is 0.193. The highest BCUT2D eigenvalue weighted by atomic mass is 15.2. The van der Waals surface area contributed by atoms with E-state index in [0.717, 1.165) is 12.6 Å². The molecule has 2 nitrogen and oxygen atoms in total. The van der Waals surface area contributed by atoms with E-state index in [0.29, 0.717) is 0 Å². The second-order valence-electron chi connectivity index (χ2n) is 4.82. The van der Waals surface area contributed by atoms with Crippen LogP contribution < -0.4 is 5.73 Å². The normalized spacial score (nSPS) is 17.8. The van der Waals surface area contributed by atoms with Crippen molar-refractivity contribution in [3.8, 4) is 0 Å². The van der Waals surface area contributed by atoms with Gasteiger partial charge in [0.1, 0.15) is 0 Å². The highest BCUT2D eigenvalue weighted by Crippen LogP contribution is 2.23. The van der Waals surface area contributed by atoms with Crippen LogP contribution in [0.2, 0.25) is 0 Å². The van der Waals surface area contributed by atoms with Gasteiger partial charge in [0, 0.05) is 6.04 Å². The van der Waals surface area contributed by atoms with Gasteiger partial charge in [0.25, 0.3) is 0 Å². The molecule has 1 aliphatic carbocycles. The fourth-order valence-corrected chi connectivity index (χ4v) is 2.61. The molecular weight excluding hydrogens is 184 g/mol. The first kappa shape index (κ1) is 13.0. The fraction of sp³-hybridized carbons (Fsp3) is 1.00. The third-order valence-corrected chi connectivity index (χ3v) is 3.54. The quantitative estimate of drug-likeness (QED) is 0.627. The van der Waals surface area contributed by atoms with Crippen molar-refractivity contribution in [3.63, 3.8) is 0 Å². The van der Waals surface area contributed by atoms with Gasteiger partial charge in [0.2, 0.25) is 0 Å². The second kappa shape index (κ2) is 8.12. The Labute approximate surface area is 95.2 Å². The number of nitrogens with zero attached hydrogens (tertiary/aromatic N) is 1. The van der Waals surface area contributed by atoms with Gasteiger partial charge in [-0.2, -0.15) is 0 Å². The van der Waals surface area contributed by atoms with E-state index in [1.165, 1.54) is 64.5 Å². The first-order valence-electron chi connectivity index (χ1n) is 6.82. The minimum Gasteiger partial charge on any atom is -0.330 e. The molecule has 1 rings (SSSR count). The van der Waals surface area contributed by atoms with Crippen LogP contribution in [-0.4, -0.2) is 30.6 Å². The van der Waals surface area contributed by atoms with Gasteiger partial charge in [-0.1, -0.05) is 32.6 Å². The van der Waals surface area contributed by atoms with E-state index >= 15 is 0 Å². The van der Waals surface area contributed by atoms with Crippen molar-refractivity contribution in [2.75, 3.05) is 19.6 Å². The molecule has 1 fully saturated rings. The second-order valence-corrected chi connectivity index (χ2v) is 4.82. The fourth-order valence-electron chi connectivity index (χ4n) is 2.61. The van der Waals surface area contributed by atoms with Gasteiger partial charge in [0.15, 0.2) is 0 Å². The van der Waals surface area contributed by atoms with Crippen molar-refractivity contribution in [2.24, 2.45) is 5.73 Å². The lowest BCUT2D eigenvalue weighted by Gasteiger charge is -2.28. The predicted octanol–water partition coefficient (Wildman–Crippen LogP) is 2.77. The summed E-state index contributed by atoms with van der Waals surface area (Å²) in [6.45, 7) is 5.65. The molecule has 0 amide bonds. The van der Waals surface area contributed by atoms with E-state index in [9.17, 15) is 0 Å². The molecule has 0 aromatic carbocycles. The van der Waals surface area contributed by atoms with Crippen molar-refractivity contribution < 1.29 is 0 Å². The van der Waals surface area contributed by atoms with E-state index in [-0.39, 0.29) is 0 Å². The van der Waals surface area contributed by atoms with Gasteiger partial charge in [-0.05, 0) is 45.3 Å². The highest BCUT2D eigenvalue weighted by molar-refractivity contribution is 4.77. The molecular formula is C13H28N2. The molecule has 0 aliphatic heterocycles. The molecule has 1 aliphatic rings. The Morgan fingerprint density at radius 2 is 1.73 bits per heavy atom. The summed E-state index contributed by atoms with van der Waals surface area (Å²) in [4.78, 5) is 2.70. The topological polar surface area (TPSA) is 29.3 Å². The van der Waals surface area contributed by atoms with Gasteiger partial charge < -0.3 is 10.6 Å². The Kier molecular flexibility index (Phi) is 7.03. The van der Waals surface area contributed by atoms with Crippen LogP contribution in [0.1, 0.15) is 58.3 Å². The Balaban J connectivity index is 2.23. The zero-order chi connectivity index (χ0) is 10.9. The van der Waals surface area contributed by atoms with Crippen LogP contribution in [0.5, 0.6) is 0 Å². The van der Waals surface area contributed by atoms with Gasteiger partial charge in [-0.25, -0.2) is 0 Å². The molecule has 0 aromatic rings. The van der Waals surface area contributed by atoms with Crippen LogP contribution in [0.3, 0.4) is 0 Å². The minimum atomic E-state index is 0.844. The maximum Gasteiger partial charge on any atom is 0.00952 e. The van der Waals surface area contributed by atoms with Gasteiger partial charge in [0.05, 0.1) is 0 Å². The van der Waals surface area contributed by atoms with Crippen molar-refractivity contribution in [1.82, 2.24) is 4.90 Å². The average molecular weight is 212 g/mol. The minimum absolute atomic E-state index is 0.844. The monoisotopic (exact) mass is 212 g/mol. The maximum absolute atomic E-state index is 5.60. The summed E-state index contributed by atoms with van der Waals surface area (Å²) in [5.41, 5.74) is 5.60. The molecule has 0 unspecified atom stereocenters. The molecule has 0 heterocycles. The van der Waals surface area contributed by atoms with Crippen LogP contribution in [0, 0.1) is 0 Å². The molecule has 90 valence electrons. The molecule has 1 saturated carbocycles.